The van der Waals surface area contributed by atoms with E-state index in [4.69, 9.17) is 28.4 Å². The predicted molar refractivity (Wildman–Crippen MR) is 584 cm³/mol. The van der Waals surface area contributed by atoms with Crippen molar-refractivity contribution in [1.82, 2.24) is 0 Å². The van der Waals surface area contributed by atoms with Crippen LogP contribution in [0, 0.1) is 23.7 Å². The highest BCUT2D eigenvalue weighted by Crippen LogP contribution is 2.63. The van der Waals surface area contributed by atoms with Gasteiger partial charge >= 0.3 is 11.9 Å². The molecule has 16 aromatic rings. The molecule has 144 heavy (non-hydrogen) atoms. The molecule has 14 heteroatoms. The second-order valence-electron chi connectivity index (χ2n) is 45.4. The van der Waals surface area contributed by atoms with Gasteiger partial charge in [0.15, 0.2) is 0 Å². The molecule has 0 N–H and O–H groups in total. The molecule has 0 spiro atoms. The van der Waals surface area contributed by atoms with E-state index in [1.54, 1.807) is 24.3 Å². The van der Waals surface area contributed by atoms with Crippen molar-refractivity contribution in [3.8, 4) is 57.5 Å². The minimum Gasteiger partial charge on any atom is -0.457 e. The number of hydrogen-bond donors (Lipinski definition) is 0. The van der Waals surface area contributed by atoms with Crippen LogP contribution in [0.4, 0.5) is 11.4 Å². The smallest absolute Gasteiger partial charge is 0.335 e. The fourth-order valence-corrected chi connectivity index (χ4v) is 23.4. The van der Waals surface area contributed by atoms with Crippen molar-refractivity contribution in [3.05, 3.63) is 357 Å². The van der Waals surface area contributed by atoms with E-state index >= 15 is 19.2 Å². The number of hydrogen-bond acceptors (Lipinski definition) is 12. The first-order valence-electron chi connectivity index (χ1n) is 50.4. The standard InChI is InChI=1S/C130H114N2O12/c1-23-107(133)143-81-57-91(65(3)4)121(92(58-81)66(5)6)131-123(135)99-61-103(139-77-37-29-73(30-38-77)127(11,12)13)115-87-49-45-83-95-53-69-25-27-71-55-97-85-47-51-89-112-90(52-48-86(110(85)112)98(97)56-72(71)28-26-70(69)54-96(95)84-46-50-88(111(87)109(83)84)116-104(62-100(124(131)136)113(99)119(115)116)140-78-39-31-74(32-40-78)128(14,15)16)118-106(142-80-43-35-76(36-44-80)130(20,21)22)64-102-114-101(63-105(117(89)120(114)118)141-79-41-33-75(34-42-79)129(17,18)19)125(137)132(126(102)138)122-93(67(7)8)59-82(144-108(134)24-2)60-94(122)68(9)10/h23-72H,1-2H2,3-22H3/b27-25-,28-26-/t69-,70?,71+,72?. The summed E-state index contributed by atoms with van der Waals surface area (Å²) in [6.45, 7) is 49.6. The van der Waals surface area contributed by atoms with Crippen LogP contribution in [0.15, 0.2) is 268 Å². The Morgan fingerprint density at radius 2 is 0.486 bits per heavy atom. The summed E-state index contributed by atoms with van der Waals surface area (Å²) in [5.41, 5.74) is 17.4. The van der Waals surface area contributed by atoms with E-state index in [-0.39, 0.29) is 103 Å². The fourth-order valence-electron chi connectivity index (χ4n) is 23.4. The maximum atomic E-state index is 16.5. The van der Waals surface area contributed by atoms with E-state index in [1.165, 1.54) is 9.80 Å². The molecule has 5 aliphatic carbocycles. The number of amides is 4. The molecule has 716 valence electrons. The highest BCUT2D eigenvalue weighted by atomic mass is 16.5. The van der Waals surface area contributed by atoms with Crippen molar-refractivity contribution in [2.24, 2.45) is 23.7 Å². The van der Waals surface area contributed by atoms with Crippen LogP contribution in [0.1, 0.15) is 270 Å². The van der Waals surface area contributed by atoms with Gasteiger partial charge in [-0.25, -0.2) is 19.4 Å². The van der Waals surface area contributed by atoms with Crippen molar-refractivity contribution in [3.63, 3.8) is 0 Å². The van der Waals surface area contributed by atoms with Gasteiger partial charge in [-0.2, -0.15) is 0 Å². The van der Waals surface area contributed by atoms with Crippen LogP contribution in [0.2, 0.25) is 0 Å². The molecular weight excluding hydrogens is 1780 g/mol. The van der Waals surface area contributed by atoms with Crippen LogP contribution in [-0.2, 0) is 31.2 Å². The molecular formula is C130H114N2O12. The Labute approximate surface area is 839 Å². The molecule has 2 heterocycles. The van der Waals surface area contributed by atoms with Gasteiger partial charge in [-0.05, 0) is 275 Å². The summed E-state index contributed by atoms with van der Waals surface area (Å²) in [5.74, 6) is 0.109. The van der Waals surface area contributed by atoms with Crippen LogP contribution in [0.3, 0.4) is 0 Å². The monoisotopic (exact) mass is 1890 g/mol. The third-order valence-electron chi connectivity index (χ3n) is 30.8. The molecule has 16 aromatic carbocycles. The molecule has 0 aromatic heterocycles. The Kier molecular flexibility index (Phi) is 21.1. The summed E-state index contributed by atoms with van der Waals surface area (Å²) >= 11 is 0. The number of anilines is 2. The average molecular weight is 1900 g/mol. The van der Waals surface area contributed by atoms with E-state index in [2.05, 4.69) is 242 Å². The summed E-state index contributed by atoms with van der Waals surface area (Å²) in [7, 11) is 0. The topological polar surface area (TPSA) is 164 Å². The van der Waals surface area contributed by atoms with Crippen LogP contribution in [0.5, 0.6) is 57.5 Å². The van der Waals surface area contributed by atoms with Crippen LogP contribution < -0.4 is 38.2 Å². The molecule has 7 aliphatic rings. The summed E-state index contributed by atoms with van der Waals surface area (Å²) < 4.78 is 41.2. The Morgan fingerprint density at radius 3 is 0.688 bits per heavy atom. The lowest BCUT2D eigenvalue weighted by molar-refractivity contribution is -0.129. The van der Waals surface area contributed by atoms with Gasteiger partial charge in [-0.3, -0.25) is 19.2 Å². The normalized spacial score (nSPS) is 17.4. The molecule has 4 atom stereocenters. The fraction of sp³-hybridized carbons (Fsp3) is 0.246. The maximum absolute atomic E-state index is 16.5. The Morgan fingerprint density at radius 1 is 0.271 bits per heavy atom. The third-order valence-corrected chi connectivity index (χ3v) is 30.8. The zero-order chi connectivity index (χ0) is 101. The summed E-state index contributed by atoms with van der Waals surface area (Å²) in [5, 5.41) is 13.0. The molecule has 0 saturated heterocycles. The second kappa shape index (κ2) is 33.0. The number of fused-ring (bicyclic) bond motifs is 12. The quantitative estimate of drug-likeness (QED) is 0.0152. The van der Waals surface area contributed by atoms with Crippen LogP contribution in [0.25, 0.3) is 108 Å². The minimum atomic E-state index is -0.628. The highest BCUT2D eigenvalue weighted by molar-refractivity contribution is 6.48. The second-order valence-corrected chi connectivity index (χ2v) is 45.4. The molecule has 2 aliphatic heterocycles. The van der Waals surface area contributed by atoms with Gasteiger partial charge in [-0.15, -0.1) is 0 Å². The van der Waals surface area contributed by atoms with E-state index < -0.39 is 35.6 Å². The molecule has 0 fully saturated rings. The van der Waals surface area contributed by atoms with E-state index in [9.17, 15) is 9.59 Å². The number of esters is 2. The Hall–Kier alpha value is -15.5. The lowest BCUT2D eigenvalue weighted by atomic mass is 9.75. The summed E-state index contributed by atoms with van der Waals surface area (Å²) in [4.78, 5) is 94.5. The predicted octanol–water partition coefficient (Wildman–Crippen LogP) is 33.3. The number of rotatable bonds is 18. The van der Waals surface area contributed by atoms with Crippen LogP contribution in [-0.4, -0.2) is 35.6 Å². The first kappa shape index (κ1) is 92.2. The molecule has 14 nitrogen and oxygen atoms in total. The van der Waals surface area contributed by atoms with Gasteiger partial charge < -0.3 is 28.4 Å². The largest absolute Gasteiger partial charge is 0.457 e. The van der Waals surface area contributed by atoms with Crippen molar-refractivity contribution >= 4 is 155 Å². The number of imide groups is 2. The number of carbonyl (C=O) groups is 6. The molecule has 0 bridgehead atoms. The number of allylic oxidation sites excluding steroid dienone is 12. The third kappa shape index (κ3) is 14.5. The van der Waals surface area contributed by atoms with E-state index in [0.717, 1.165) is 144 Å². The number of benzene rings is 16. The van der Waals surface area contributed by atoms with Crippen molar-refractivity contribution in [1.29, 1.82) is 0 Å². The van der Waals surface area contributed by atoms with E-state index in [0.29, 0.717) is 101 Å². The molecule has 0 radical (unpaired) electrons. The zero-order valence-electron chi connectivity index (χ0n) is 85.1. The SMILES string of the molecule is C=CC(=O)Oc1cc(C(C)C)c(N2C(=O)c3cc(Oc4ccc(C(C)(C)C)cc4)c4c5ccc6c7c(ccc(c8c(Oc9ccc(C(C)(C)C)cc9)cc(c3c48)C2=O)c75)C2=C[C@@H]3/C=C\[C@@H]4C=C5C(=CC4/C=C\C3C=C26)c2ccc3c4c(Oc6ccc(C(C)(C)C)cc6)cc6c7c(cc(Oc8ccc(C(C)(C)C)cc8)c(c8ccc5c2c38)c74)C(=O)N(c2c(C(C)C)cc(OC(=O)C=C)cc2C(C)C)C6=O)c(C(C)C)c1. The molecule has 2 unspecified atom stereocenters. The Balaban J connectivity index is 0.679. The number of ether oxygens (including phenoxy) is 6. The van der Waals surface area contributed by atoms with Gasteiger partial charge in [0.2, 0.25) is 0 Å². The van der Waals surface area contributed by atoms with Gasteiger partial charge in [0.25, 0.3) is 23.6 Å². The Bertz CT molecular complexity index is 7680. The van der Waals surface area contributed by atoms with Gasteiger partial charge in [0, 0.05) is 78.9 Å². The summed E-state index contributed by atoms with van der Waals surface area (Å²) in [6.07, 6.45) is 21.8. The zero-order valence-corrected chi connectivity index (χ0v) is 85.1. The number of nitrogens with zero attached hydrogens (tertiary/aromatic N) is 2. The lowest BCUT2D eigenvalue weighted by Crippen LogP contribution is -2.42. The van der Waals surface area contributed by atoms with E-state index in [1.807, 2.05) is 128 Å². The minimum absolute atomic E-state index is 0.0363. The van der Waals surface area contributed by atoms with Crippen molar-refractivity contribution in [2.45, 2.75) is 184 Å². The van der Waals surface area contributed by atoms with Crippen molar-refractivity contribution in [2.75, 3.05) is 9.80 Å². The van der Waals surface area contributed by atoms with Crippen LogP contribution >= 0.6 is 0 Å². The van der Waals surface area contributed by atoms with Gasteiger partial charge in [-0.1, -0.05) is 297 Å². The maximum Gasteiger partial charge on any atom is 0.335 e. The number of carbonyl (C=O) groups excluding carboxylic acids is 6. The molecule has 0 saturated carbocycles. The molecule has 23 rings (SSSR count). The molecule has 4 amide bonds. The van der Waals surface area contributed by atoms with Gasteiger partial charge in [0.05, 0.1) is 33.6 Å². The summed E-state index contributed by atoms with van der Waals surface area (Å²) in [6, 6.07) is 65.0. The average Bonchev–Trinajstić information content (AvgIpc) is 1.38. The highest BCUT2D eigenvalue weighted by Gasteiger charge is 2.46. The first-order chi connectivity index (χ1) is 68.6. The first-order valence-corrected chi connectivity index (χ1v) is 50.4. The van der Waals surface area contributed by atoms with Crippen molar-refractivity contribution < 1.29 is 57.2 Å². The lowest BCUT2D eigenvalue weighted by Gasteiger charge is -2.34. The van der Waals surface area contributed by atoms with Gasteiger partial charge in [0.1, 0.15) is 57.5 Å².